The van der Waals surface area contributed by atoms with E-state index in [9.17, 15) is 13.2 Å². The Labute approximate surface area is 126 Å². The Balaban J connectivity index is 1.90. The zero-order valence-electron chi connectivity index (χ0n) is 10.7. The molecular weight excluding hydrogens is 351 g/mol. The first-order valence-electron chi connectivity index (χ1n) is 6.15. The van der Waals surface area contributed by atoms with Crippen molar-refractivity contribution in [2.75, 3.05) is 17.2 Å². The first kappa shape index (κ1) is 14.2. The van der Waals surface area contributed by atoms with Crippen molar-refractivity contribution in [1.29, 1.82) is 0 Å². The highest BCUT2D eigenvalue weighted by molar-refractivity contribution is 9.10. The quantitative estimate of drug-likeness (QED) is 0.793. The average Bonchev–Trinajstić information content (AvgIpc) is 2.81. The van der Waals surface area contributed by atoms with Gasteiger partial charge in [-0.3, -0.25) is 0 Å². The van der Waals surface area contributed by atoms with E-state index in [1.165, 1.54) is 0 Å². The van der Waals surface area contributed by atoms with E-state index in [2.05, 4.69) is 26.1 Å². The van der Waals surface area contributed by atoms with Gasteiger partial charge in [0.25, 0.3) is 0 Å². The molecule has 0 bridgehead atoms. The third-order valence-electron chi connectivity index (χ3n) is 3.32. The van der Waals surface area contributed by atoms with E-state index in [1.807, 2.05) is 11.0 Å². The van der Waals surface area contributed by atoms with E-state index >= 15 is 0 Å². The molecule has 3 rings (SSSR count). The monoisotopic (exact) mass is 361 g/mol. The first-order chi connectivity index (χ1) is 9.86. The lowest BCUT2D eigenvalue weighted by atomic mass is 10.2. The van der Waals surface area contributed by atoms with Gasteiger partial charge < -0.3 is 15.2 Å². The third kappa shape index (κ3) is 2.57. The van der Waals surface area contributed by atoms with Crippen molar-refractivity contribution in [3.63, 3.8) is 0 Å². The van der Waals surface area contributed by atoms with Gasteiger partial charge in [-0.2, -0.15) is 13.2 Å². The summed E-state index contributed by atoms with van der Waals surface area (Å²) in [6, 6.07) is 5.34. The van der Waals surface area contributed by atoms with E-state index in [-0.39, 0.29) is 13.1 Å². The molecule has 1 aromatic heterocycles. The van der Waals surface area contributed by atoms with Crippen molar-refractivity contribution in [1.82, 2.24) is 14.8 Å². The molecule has 9 heteroatoms. The van der Waals surface area contributed by atoms with Crippen molar-refractivity contribution in [3.8, 4) is 0 Å². The zero-order chi connectivity index (χ0) is 15.2. The number of hydrogen-bond donors (Lipinski definition) is 1. The first-order valence-corrected chi connectivity index (χ1v) is 6.95. The molecule has 112 valence electrons. The number of aromatic nitrogens is 3. The molecule has 0 unspecified atom stereocenters. The third-order valence-corrected chi connectivity index (χ3v) is 3.95. The maximum Gasteiger partial charge on any atom is 0.451 e. The Hall–Kier alpha value is -1.77. The van der Waals surface area contributed by atoms with Crippen LogP contribution in [0, 0.1) is 0 Å². The van der Waals surface area contributed by atoms with Gasteiger partial charge in [0, 0.05) is 23.2 Å². The number of rotatable bonds is 1. The summed E-state index contributed by atoms with van der Waals surface area (Å²) in [7, 11) is 0. The number of halogens is 4. The van der Waals surface area contributed by atoms with Gasteiger partial charge in [0.15, 0.2) is 5.82 Å². The van der Waals surface area contributed by atoms with Gasteiger partial charge in [-0.25, -0.2) is 0 Å². The second-order valence-corrected chi connectivity index (χ2v) is 5.58. The number of hydrogen-bond acceptors (Lipinski definition) is 4. The van der Waals surface area contributed by atoms with Crippen LogP contribution in [0.4, 0.5) is 24.5 Å². The fourth-order valence-electron chi connectivity index (χ4n) is 2.35. The molecule has 2 aromatic rings. The normalized spacial score (nSPS) is 15.1. The SMILES string of the molecule is Nc1ccc(N2CCn3c(nnc3C(F)(F)F)C2)c(Br)c1. The summed E-state index contributed by atoms with van der Waals surface area (Å²) >= 11 is 3.42. The Morgan fingerprint density at radius 2 is 1.95 bits per heavy atom. The van der Waals surface area contributed by atoms with Crippen LogP contribution in [0.15, 0.2) is 22.7 Å². The molecule has 1 aliphatic heterocycles. The number of benzene rings is 1. The van der Waals surface area contributed by atoms with Gasteiger partial charge in [0.2, 0.25) is 5.82 Å². The van der Waals surface area contributed by atoms with Crippen LogP contribution in [0.3, 0.4) is 0 Å². The highest BCUT2D eigenvalue weighted by atomic mass is 79.9. The molecular formula is C12H11BrF3N5. The standard InChI is InChI=1S/C12H11BrF3N5/c13-8-5-7(17)1-2-9(8)20-3-4-21-10(6-20)18-19-11(21)12(14,15)16/h1-2,5H,3-4,6,17H2. The van der Waals surface area contributed by atoms with Crippen LogP contribution >= 0.6 is 15.9 Å². The smallest absolute Gasteiger partial charge is 0.399 e. The lowest BCUT2D eigenvalue weighted by Gasteiger charge is -2.30. The average molecular weight is 362 g/mol. The molecule has 0 saturated carbocycles. The van der Waals surface area contributed by atoms with Crippen molar-refractivity contribution in [3.05, 3.63) is 34.3 Å². The van der Waals surface area contributed by atoms with Crippen LogP contribution in [0.1, 0.15) is 11.6 Å². The number of nitrogens with two attached hydrogens (primary N) is 1. The lowest BCUT2D eigenvalue weighted by Crippen LogP contribution is -2.35. The predicted octanol–water partition coefficient (Wildman–Crippen LogP) is 2.66. The molecule has 1 aromatic carbocycles. The molecule has 21 heavy (non-hydrogen) atoms. The maximum atomic E-state index is 12.8. The van der Waals surface area contributed by atoms with Gasteiger partial charge in [0.05, 0.1) is 12.2 Å². The van der Waals surface area contributed by atoms with Crippen LogP contribution in [0.5, 0.6) is 0 Å². The Morgan fingerprint density at radius 3 is 2.62 bits per heavy atom. The number of nitrogens with zero attached hydrogens (tertiary/aromatic N) is 4. The van der Waals surface area contributed by atoms with E-state index in [1.54, 1.807) is 12.1 Å². The Kier molecular flexibility index (Phi) is 3.31. The van der Waals surface area contributed by atoms with Crippen LogP contribution in [0.2, 0.25) is 0 Å². The minimum Gasteiger partial charge on any atom is -0.399 e. The van der Waals surface area contributed by atoms with Gasteiger partial charge in [-0.1, -0.05) is 0 Å². The summed E-state index contributed by atoms with van der Waals surface area (Å²) in [5.74, 6) is -0.633. The van der Waals surface area contributed by atoms with Crippen LogP contribution in [-0.4, -0.2) is 21.3 Å². The number of nitrogen functional groups attached to an aromatic ring is 1. The molecule has 0 saturated heterocycles. The van der Waals surface area contributed by atoms with Gasteiger partial charge in [0.1, 0.15) is 0 Å². The topological polar surface area (TPSA) is 60.0 Å². The number of alkyl halides is 3. The van der Waals surface area contributed by atoms with Crippen LogP contribution < -0.4 is 10.6 Å². The molecule has 0 radical (unpaired) electrons. The molecule has 0 atom stereocenters. The number of anilines is 2. The second-order valence-electron chi connectivity index (χ2n) is 4.72. The fraction of sp³-hybridized carbons (Fsp3) is 0.333. The molecule has 0 spiro atoms. The molecule has 1 aliphatic rings. The van der Waals surface area contributed by atoms with E-state index < -0.39 is 12.0 Å². The molecule has 0 fully saturated rings. The van der Waals surface area contributed by atoms with Gasteiger partial charge >= 0.3 is 6.18 Å². The predicted molar refractivity (Wildman–Crippen MR) is 74.6 cm³/mol. The van der Waals surface area contributed by atoms with Crippen LogP contribution in [-0.2, 0) is 19.3 Å². The summed E-state index contributed by atoms with van der Waals surface area (Å²) < 4.78 is 40.3. The second kappa shape index (κ2) is 4.90. The molecule has 0 aliphatic carbocycles. The van der Waals surface area contributed by atoms with Crippen molar-refractivity contribution in [2.45, 2.75) is 19.3 Å². The van der Waals surface area contributed by atoms with Crippen molar-refractivity contribution >= 4 is 27.3 Å². The summed E-state index contributed by atoms with van der Waals surface area (Å²) in [6.45, 7) is 0.899. The molecule has 2 heterocycles. The van der Waals surface area contributed by atoms with Crippen molar-refractivity contribution < 1.29 is 13.2 Å². The lowest BCUT2D eigenvalue weighted by molar-refractivity contribution is -0.147. The summed E-state index contributed by atoms with van der Waals surface area (Å²) in [5, 5.41) is 6.92. The highest BCUT2D eigenvalue weighted by Gasteiger charge is 2.39. The maximum absolute atomic E-state index is 12.8. The van der Waals surface area contributed by atoms with Crippen LogP contribution in [0.25, 0.3) is 0 Å². The molecule has 2 N–H and O–H groups in total. The van der Waals surface area contributed by atoms with Gasteiger partial charge in [-0.15, -0.1) is 10.2 Å². The summed E-state index contributed by atoms with van der Waals surface area (Å²) in [4.78, 5) is 1.94. The Bertz CT molecular complexity index is 682. The minimum atomic E-state index is -4.48. The fourth-order valence-corrected chi connectivity index (χ4v) is 3.00. The summed E-state index contributed by atoms with van der Waals surface area (Å²) in [6.07, 6.45) is -4.48. The summed E-state index contributed by atoms with van der Waals surface area (Å²) in [5.41, 5.74) is 7.17. The highest BCUT2D eigenvalue weighted by Crippen LogP contribution is 2.33. The van der Waals surface area contributed by atoms with Crippen molar-refractivity contribution in [2.24, 2.45) is 0 Å². The minimum absolute atomic E-state index is 0.188. The zero-order valence-corrected chi connectivity index (χ0v) is 12.3. The van der Waals surface area contributed by atoms with E-state index in [0.29, 0.717) is 18.1 Å². The van der Waals surface area contributed by atoms with E-state index in [0.717, 1.165) is 14.7 Å². The molecule has 5 nitrogen and oxygen atoms in total. The largest absolute Gasteiger partial charge is 0.451 e. The van der Waals surface area contributed by atoms with Gasteiger partial charge in [-0.05, 0) is 34.1 Å². The number of fused-ring (bicyclic) bond motifs is 1. The van der Waals surface area contributed by atoms with E-state index in [4.69, 9.17) is 5.73 Å². The molecule has 0 amide bonds. The Morgan fingerprint density at radius 1 is 1.19 bits per heavy atom.